The van der Waals surface area contributed by atoms with E-state index in [0.717, 1.165) is 12.1 Å². The zero-order valence-corrected chi connectivity index (χ0v) is 14.1. The molecular weight excluding hydrogens is 318 g/mol. The number of hydrogen-bond donors (Lipinski definition) is 0. The Morgan fingerprint density at radius 1 is 1.29 bits per heavy atom. The molecule has 0 aliphatic carbocycles. The van der Waals surface area contributed by atoms with Gasteiger partial charge in [-0.1, -0.05) is 26.8 Å². The van der Waals surface area contributed by atoms with Crippen molar-refractivity contribution in [2.45, 2.75) is 39.8 Å². The standard InChI is InChI=1S/C17H20F2N2O3/c1-17(2,3)15(16(23)24-4)21(14(22)7-8-20)10-11-5-6-12(18)13(19)9-11/h5-6,9,15H,7,10H2,1-4H3/t15-/m1/s1. The van der Waals surface area contributed by atoms with Crippen LogP contribution in [0.25, 0.3) is 0 Å². The summed E-state index contributed by atoms with van der Waals surface area (Å²) >= 11 is 0. The Morgan fingerprint density at radius 3 is 2.38 bits per heavy atom. The Hall–Kier alpha value is -2.49. The molecule has 0 radical (unpaired) electrons. The number of nitriles is 1. The number of nitrogens with zero attached hydrogens (tertiary/aromatic N) is 2. The van der Waals surface area contributed by atoms with E-state index in [0.29, 0.717) is 5.56 Å². The van der Waals surface area contributed by atoms with Crippen LogP contribution in [-0.2, 0) is 20.9 Å². The molecule has 0 unspecified atom stereocenters. The van der Waals surface area contributed by atoms with Gasteiger partial charge >= 0.3 is 5.97 Å². The van der Waals surface area contributed by atoms with Gasteiger partial charge in [-0.05, 0) is 23.1 Å². The average molecular weight is 338 g/mol. The lowest BCUT2D eigenvalue weighted by atomic mass is 9.85. The summed E-state index contributed by atoms with van der Waals surface area (Å²) in [6.45, 7) is 5.08. The molecule has 0 saturated heterocycles. The molecule has 7 heteroatoms. The Kier molecular flexibility index (Phi) is 6.41. The summed E-state index contributed by atoms with van der Waals surface area (Å²) in [5, 5.41) is 8.79. The lowest BCUT2D eigenvalue weighted by Gasteiger charge is -2.37. The summed E-state index contributed by atoms with van der Waals surface area (Å²) in [4.78, 5) is 25.7. The van der Waals surface area contributed by atoms with Gasteiger partial charge in [0, 0.05) is 6.54 Å². The van der Waals surface area contributed by atoms with Gasteiger partial charge in [-0.25, -0.2) is 13.6 Å². The Balaban J connectivity index is 3.28. The van der Waals surface area contributed by atoms with E-state index in [-0.39, 0.29) is 6.54 Å². The molecule has 0 spiro atoms. The van der Waals surface area contributed by atoms with E-state index < -0.39 is 41.4 Å². The molecule has 0 aliphatic rings. The normalized spacial score (nSPS) is 12.2. The summed E-state index contributed by atoms with van der Waals surface area (Å²) in [5.41, 5.74) is -0.380. The van der Waals surface area contributed by atoms with Crippen molar-refractivity contribution in [3.8, 4) is 6.07 Å². The van der Waals surface area contributed by atoms with Crippen LogP contribution in [0.2, 0.25) is 0 Å². The van der Waals surface area contributed by atoms with Gasteiger partial charge in [0.25, 0.3) is 0 Å². The van der Waals surface area contributed by atoms with Crippen molar-refractivity contribution in [1.82, 2.24) is 4.90 Å². The smallest absolute Gasteiger partial charge is 0.329 e. The van der Waals surface area contributed by atoms with Crippen molar-refractivity contribution in [1.29, 1.82) is 5.26 Å². The Morgan fingerprint density at radius 2 is 1.92 bits per heavy atom. The topological polar surface area (TPSA) is 70.4 Å². The number of carbonyl (C=O) groups is 2. The van der Waals surface area contributed by atoms with Crippen molar-refractivity contribution in [3.05, 3.63) is 35.4 Å². The maximum Gasteiger partial charge on any atom is 0.329 e. The number of methoxy groups -OCH3 is 1. The molecule has 1 aromatic carbocycles. The molecule has 1 aromatic rings. The molecule has 0 saturated carbocycles. The largest absolute Gasteiger partial charge is 0.467 e. The van der Waals surface area contributed by atoms with Crippen LogP contribution >= 0.6 is 0 Å². The zero-order valence-electron chi connectivity index (χ0n) is 14.1. The van der Waals surface area contributed by atoms with Gasteiger partial charge < -0.3 is 9.64 Å². The fourth-order valence-corrected chi connectivity index (χ4v) is 2.39. The van der Waals surface area contributed by atoms with E-state index in [4.69, 9.17) is 10.00 Å². The highest BCUT2D eigenvalue weighted by Gasteiger charge is 2.39. The van der Waals surface area contributed by atoms with E-state index in [1.807, 2.05) is 0 Å². The van der Waals surface area contributed by atoms with E-state index in [2.05, 4.69) is 0 Å². The summed E-state index contributed by atoms with van der Waals surface area (Å²) < 4.78 is 31.3. The van der Waals surface area contributed by atoms with E-state index in [9.17, 15) is 18.4 Å². The SMILES string of the molecule is COC(=O)[C@@H](N(Cc1ccc(F)c(F)c1)C(=O)CC#N)C(C)(C)C. The molecule has 1 atom stereocenters. The zero-order chi connectivity index (χ0) is 18.5. The molecule has 0 fully saturated rings. The minimum atomic E-state index is -1.05. The van der Waals surface area contributed by atoms with E-state index in [1.165, 1.54) is 18.1 Å². The molecule has 0 bridgehead atoms. The van der Waals surface area contributed by atoms with Gasteiger partial charge in [-0.2, -0.15) is 5.26 Å². The Bertz CT molecular complexity index is 663. The quantitative estimate of drug-likeness (QED) is 0.774. The second-order valence-corrected chi connectivity index (χ2v) is 6.40. The fourth-order valence-electron chi connectivity index (χ4n) is 2.39. The van der Waals surface area contributed by atoms with Crippen LogP contribution in [0.3, 0.4) is 0 Å². The minimum absolute atomic E-state index is 0.144. The maximum atomic E-state index is 13.4. The predicted molar refractivity (Wildman–Crippen MR) is 82.4 cm³/mol. The van der Waals surface area contributed by atoms with Gasteiger partial charge in [-0.15, -0.1) is 0 Å². The van der Waals surface area contributed by atoms with Crippen molar-refractivity contribution < 1.29 is 23.1 Å². The van der Waals surface area contributed by atoms with Crippen LogP contribution in [-0.4, -0.2) is 29.9 Å². The third kappa shape index (κ3) is 4.75. The average Bonchev–Trinajstić information content (AvgIpc) is 2.48. The first-order chi connectivity index (χ1) is 11.1. The molecular formula is C17H20F2N2O3. The lowest BCUT2D eigenvalue weighted by molar-refractivity contribution is -0.158. The molecule has 130 valence electrons. The third-order valence-corrected chi connectivity index (χ3v) is 3.44. The number of amides is 1. The first kappa shape index (κ1) is 19.6. The number of ether oxygens (including phenoxy) is 1. The van der Waals surface area contributed by atoms with Gasteiger partial charge in [0.15, 0.2) is 11.6 Å². The molecule has 1 rings (SSSR count). The van der Waals surface area contributed by atoms with E-state index in [1.54, 1.807) is 26.8 Å². The second kappa shape index (κ2) is 7.86. The van der Waals surface area contributed by atoms with Gasteiger partial charge in [0.1, 0.15) is 12.5 Å². The molecule has 0 N–H and O–H groups in total. The van der Waals surface area contributed by atoms with Crippen LogP contribution in [0.1, 0.15) is 32.8 Å². The Labute approximate surface area is 139 Å². The van der Waals surface area contributed by atoms with Crippen LogP contribution < -0.4 is 0 Å². The summed E-state index contributed by atoms with van der Waals surface area (Å²) in [7, 11) is 1.20. The first-order valence-electron chi connectivity index (χ1n) is 7.30. The molecule has 0 heterocycles. The summed E-state index contributed by atoms with van der Waals surface area (Å²) in [5.74, 6) is -3.29. The predicted octanol–water partition coefficient (Wildman–Crippen LogP) is 2.79. The fraction of sp³-hybridized carbons (Fsp3) is 0.471. The third-order valence-electron chi connectivity index (χ3n) is 3.44. The van der Waals surface area contributed by atoms with Crippen molar-refractivity contribution in [2.24, 2.45) is 5.41 Å². The number of rotatable bonds is 5. The number of esters is 1. The van der Waals surface area contributed by atoms with Gasteiger partial charge in [0.05, 0.1) is 13.2 Å². The molecule has 0 aromatic heterocycles. The minimum Gasteiger partial charge on any atom is -0.467 e. The summed E-state index contributed by atoms with van der Waals surface area (Å²) in [6, 6.07) is 3.99. The molecule has 24 heavy (non-hydrogen) atoms. The van der Waals surface area contributed by atoms with Crippen LogP contribution in [0, 0.1) is 28.4 Å². The number of benzene rings is 1. The summed E-state index contributed by atoms with van der Waals surface area (Å²) in [6.07, 6.45) is -0.437. The van der Waals surface area contributed by atoms with Crippen molar-refractivity contribution in [2.75, 3.05) is 7.11 Å². The number of hydrogen-bond acceptors (Lipinski definition) is 4. The van der Waals surface area contributed by atoms with Gasteiger partial charge in [0.2, 0.25) is 5.91 Å². The van der Waals surface area contributed by atoms with E-state index >= 15 is 0 Å². The molecule has 1 amide bonds. The number of halogens is 2. The first-order valence-corrected chi connectivity index (χ1v) is 7.30. The van der Waals surface area contributed by atoms with Gasteiger partial charge in [-0.3, -0.25) is 4.79 Å². The lowest BCUT2D eigenvalue weighted by Crippen LogP contribution is -2.52. The van der Waals surface area contributed by atoms with Crippen molar-refractivity contribution >= 4 is 11.9 Å². The molecule has 0 aliphatic heterocycles. The highest BCUT2D eigenvalue weighted by Crippen LogP contribution is 2.28. The maximum absolute atomic E-state index is 13.4. The van der Waals surface area contributed by atoms with Crippen LogP contribution in [0.15, 0.2) is 18.2 Å². The van der Waals surface area contributed by atoms with Crippen LogP contribution in [0.4, 0.5) is 8.78 Å². The highest BCUT2D eigenvalue weighted by atomic mass is 19.2. The van der Waals surface area contributed by atoms with Crippen molar-refractivity contribution in [3.63, 3.8) is 0 Å². The monoisotopic (exact) mass is 338 g/mol. The highest BCUT2D eigenvalue weighted by molar-refractivity contribution is 5.86. The number of carbonyl (C=O) groups excluding carboxylic acids is 2. The molecule has 5 nitrogen and oxygen atoms in total. The second-order valence-electron chi connectivity index (χ2n) is 6.40. The van der Waals surface area contributed by atoms with Crippen LogP contribution in [0.5, 0.6) is 0 Å².